The molecule has 0 atom stereocenters. The molecule has 5 heteroatoms. The van der Waals surface area contributed by atoms with E-state index in [4.69, 9.17) is 4.98 Å². The van der Waals surface area contributed by atoms with Gasteiger partial charge >= 0.3 is 5.97 Å². The number of benzene rings is 3. The van der Waals surface area contributed by atoms with Gasteiger partial charge in [0.15, 0.2) is 0 Å². The van der Waals surface area contributed by atoms with E-state index in [2.05, 4.69) is 17.6 Å². The minimum absolute atomic E-state index is 0.283. The molecule has 0 bridgehead atoms. The second-order valence-corrected chi connectivity index (χ2v) is 8.05. The van der Waals surface area contributed by atoms with Gasteiger partial charge in [0.05, 0.1) is 28.0 Å². The van der Waals surface area contributed by atoms with Gasteiger partial charge in [-0.05, 0) is 29.3 Å². The van der Waals surface area contributed by atoms with Gasteiger partial charge in [-0.3, -0.25) is 0 Å². The van der Waals surface area contributed by atoms with Crippen LogP contribution in [0.4, 0.5) is 0 Å². The van der Waals surface area contributed by atoms with Gasteiger partial charge in [-0.15, -0.1) is 18.3 Å². The van der Waals surface area contributed by atoms with Crippen molar-refractivity contribution < 1.29 is 9.90 Å². The lowest BCUT2D eigenvalue weighted by atomic mass is 9.98. The molecule has 0 radical (unpaired) electrons. The number of carboxylic acids is 1. The summed E-state index contributed by atoms with van der Waals surface area (Å²) in [7, 11) is 0. The minimum atomic E-state index is -0.955. The Bertz CT molecular complexity index is 1390. The highest BCUT2D eigenvalue weighted by molar-refractivity contribution is 7.99. The highest BCUT2D eigenvalue weighted by atomic mass is 32.2. The molecule has 2 heterocycles. The number of carbonyl (C=O) groups is 1. The molecule has 0 fully saturated rings. The number of thioether (sulfide) groups is 1. The molecule has 5 rings (SSSR count). The monoisotopic (exact) mass is 410 g/mol. The molecule has 3 aromatic carbocycles. The number of aromatic carboxylic acids is 1. The Hall–Kier alpha value is -3.57. The Labute approximate surface area is 177 Å². The van der Waals surface area contributed by atoms with E-state index in [1.165, 1.54) is 11.8 Å². The molecule has 2 aliphatic rings. The normalized spacial score (nSPS) is 11.3. The fourth-order valence-corrected chi connectivity index (χ4v) is 4.83. The fourth-order valence-electron chi connectivity index (χ4n) is 3.88. The van der Waals surface area contributed by atoms with Crippen LogP contribution in [-0.2, 0) is 0 Å². The van der Waals surface area contributed by atoms with Crippen LogP contribution in [0.25, 0.3) is 44.3 Å². The van der Waals surface area contributed by atoms with E-state index in [0.717, 1.165) is 43.7 Å². The van der Waals surface area contributed by atoms with E-state index in [-0.39, 0.29) is 5.56 Å². The molecule has 4 nitrogen and oxygen atoms in total. The van der Waals surface area contributed by atoms with Crippen molar-refractivity contribution >= 4 is 39.5 Å². The molecule has 0 aromatic heterocycles. The third kappa shape index (κ3) is 2.95. The maximum atomic E-state index is 12.4. The summed E-state index contributed by atoms with van der Waals surface area (Å²) in [5.41, 5.74) is 5.34. The first-order valence-corrected chi connectivity index (χ1v) is 10.6. The van der Waals surface area contributed by atoms with Gasteiger partial charge < -0.3 is 10.1 Å². The van der Waals surface area contributed by atoms with Crippen molar-refractivity contribution in [2.45, 2.75) is 4.90 Å². The fraction of sp³-hybridized carbons (Fsp3) is 0.0400. The topological polar surface area (TPSA) is 66.0 Å². The molecule has 30 heavy (non-hydrogen) atoms. The first-order valence-electron chi connectivity index (χ1n) is 9.58. The number of pyridine rings is 1. The zero-order valence-electron chi connectivity index (χ0n) is 16.1. The first kappa shape index (κ1) is 18.5. The van der Waals surface area contributed by atoms with Crippen LogP contribution in [0.3, 0.4) is 0 Å². The van der Waals surface area contributed by atoms with Crippen molar-refractivity contribution in [1.82, 2.24) is 9.97 Å². The summed E-state index contributed by atoms with van der Waals surface area (Å²) in [5, 5.41) is 12.0. The van der Waals surface area contributed by atoms with Crippen molar-refractivity contribution in [2.24, 2.45) is 0 Å². The highest BCUT2D eigenvalue weighted by Gasteiger charge is 2.23. The average molecular weight is 410 g/mol. The van der Waals surface area contributed by atoms with Gasteiger partial charge in [-0.25, -0.2) is 9.78 Å². The minimum Gasteiger partial charge on any atom is -0.478 e. The Morgan fingerprint density at radius 3 is 2.63 bits per heavy atom. The van der Waals surface area contributed by atoms with Gasteiger partial charge in [0, 0.05) is 21.4 Å². The number of rotatable bonds is 5. The number of aromatic nitrogens is 2. The maximum absolute atomic E-state index is 12.4. The molecule has 0 unspecified atom stereocenters. The molecule has 0 saturated carbocycles. The van der Waals surface area contributed by atoms with Crippen molar-refractivity contribution in [2.75, 3.05) is 5.75 Å². The van der Waals surface area contributed by atoms with Crippen molar-refractivity contribution in [3.8, 4) is 22.5 Å². The molecule has 3 aromatic rings. The maximum Gasteiger partial charge on any atom is 0.339 e. The summed E-state index contributed by atoms with van der Waals surface area (Å²) in [4.78, 5) is 21.3. The molecule has 2 aliphatic heterocycles. The van der Waals surface area contributed by atoms with Gasteiger partial charge in [0.2, 0.25) is 0 Å². The summed E-state index contributed by atoms with van der Waals surface area (Å²) in [6.07, 6.45) is 1.79. The SMILES string of the molecule is C=CCSc1c(-c2ccccc2)cc2cc3nc4ccccc4c-3[nH]c2c1C(=O)O. The standard InChI is InChI=1S/C25H18N2O2S/c1-2-12-30-24-18(15-8-4-3-5-9-15)13-16-14-20-23(27-22(16)21(24)25(28)29)17-10-6-7-11-19(17)26-20/h2-11,13-14,27H,1,12H2,(H,28,29). The molecular formula is C25H18N2O2S. The second kappa shape index (κ2) is 7.35. The first-order chi connectivity index (χ1) is 14.7. The largest absolute Gasteiger partial charge is 0.478 e. The van der Waals surface area contributed by atoms with Crippen LogP contribution in [0.1, 0.15) is 10.4 Å². The predicted molar refractivity (Wildman–Crippen MR) is 124 cm³/mol. The highest BCUT2D eigenvalue weighted by Crippen LogP contribution is 2.41. The van der Waals surface area contributed by atoms with Crippen molar-refractivity contribution in [1.29, 1.82) is 0 Å². The number of aromatic amines is 1. The number of carboxylic acid groups (broad SMARTS) is 1. The molecule has 0 amide bonds. The van der Waals surface area contributed by atoms with Crippen LogP contribution in [0.15, 0.2) is 84.3 Å². The third-order valence-corrected chi connectivity index (χ3v) is 6.28. The number of nitrogens with one attached hydrogen (secondary N) is 1. The number of H-pyrrole nitrogens is 1. The van der Waals surface area contributed by atoms with E-state index < -0.39 is 5.97 Å². The lowest BCUT2D eigenvalue weighted by molar-refractivity contribution is 0.0695. The van der Waals surface area contributed by atoms with Crippen LogP contribution in [0.2, 0.25) is 0 Å². The summed E-state index contributed by atoms with van der Waals surface area (Å²) < 4.78 is 0. The summed E-state index contributed by atoms with van der Waals surface area (Å²) >= 11 is 1.49. The molecule has 2 N–H and O–H groups in total. The average Bonchev–Trinajstić information content (AvgIpc) is 3.13. The molecular weight excluding hydrogens is 392 g/mol. The van der Waals surface area contributed by atoms with E-state index in [1.54, 1.807) is 6.08 Å². The van der Waals surface area contributed by atoms with E-state index in [0.29, 0.717) is 11.3 Å². The zero-order chi connectivity index (χ0) is 20.7. The number of hydrogen-bond acceptors (Lipinski definition) is 3. The molecule has 0 saturated heterocycles. The van der Waals surface area contributed by atoms with Gasteiger partial charge in [0.25, 0.3) is 0 Å². The van der Waals surface area contributed by atoms with Gasteiger partial charge in [-0.2, -0.15) is 0 Å². The molecule has 0 aliphatic carbocycles. The van der Waals surface area contributed by atoms with Crippen LogP contribution in [-0.4, -0.2) is 26.8 Å². The lowest BCUT2D eigenvalue weighted by Crippen LogP contribution is -2.05. The number of para-hydroxylation sites is 1. The van der Waals surface area contributed by atoms with Crippen LogP contribution in [0.5, 0.6) is 0 Å². The Morgan fingerprint density at radius 2 is 1.87 bits per heavy atom. The Balaban J connectivity index is 1.91. The van der Waals surface area contributed by atoms with Gasteiger partial charge in [0.1, 0.15) is 0 Å². The van der Waals surface area contributed by atoms with Crippen LogP contribution < -0.4 is 0 Å². The zero-order valence-corrected chi connectivity index (χ0v) is 16.9. The van der Waals surface area contributed by atoms with Crippen molar-refractivity contribution in [3.05, 3.63) is 84.9 Å². The van der Waals surface area contributed by atoms with Crippen LogP contribution in [0, 0.1) is 0 Å². The summed E-state index contributed by atoms with van der Waals surface area (Å²) in [5.74, 6) is -0.335. The number of fused-ring (bicyclic) bond motifs is 4. The summed E-state index contributed by atoms with van der Waals surface area (Å²) in [6, 6.07) is 21.8. The second-order valence-electron chi connectivity index (χ2n) is 7.02. The predicted octanol–water partition coefficient (Wildman–Crippen LogP) is 6.46. The molecule has 0 spiro atoms. The van der Waals surface area contributed by atoms with Crippen molar-refractivity contribution in [3.63, 3.8) is 0 Å². The van der Waals surface area contributed by atoms with Crippen LogP contribution >= 0.6 is 11.8 Å². The van der Waals surface area contributed by atoms with Gasteiger partial charge in [-0.1, -0.05) is 54.6 Å². The Morgan fingerprint density at radius 1 is 1.10 bits per heavy atom. The number of hydrogen-bond donors (Lipinski definition) is 2. The summed E-state index contributed by atoms with van der Waals surface area (Å²) in [6.45, 7) is 3.80. The van der Waals surface area contributed by atoms with E-state index in [9.17, 15) is 9.90 Å². The Kier molecular flexibility index (Phi) is 4.52. The quantitative estimate of drug-likeness (QED) is 0.258. The smallest absolute Gasteiger partial charge is 0.339 e. The van der Waals surface area contributed by atoms with E-state index in [1.807, 2.05) is 60.7 Å². The third-order valence-electron chi connectivity index (χ3n) is 5.17. The number of nitrogens with zero attached hydrogens (tertiary/aromatic N) is 1. The van der Waals surface area contributed by atoms with E-state index >= 15 is 0 Å². The lowest BCUT2D eigenvalue weighted by Gasteiger charge is -2.16. The molecule has 146 valence electrons.